The fraction of sp³-hybridized carbons (Fsp3) is 0.512. The number of carbonyl (C=O) groups is 3. The Balaban J connectivity index is 1.34. The summed E-state index contributed by atoms with van der Waals surface area (Å²) in [6.45, 7) is 6.34. The fourth-order valence-electron chi connectivity index (χ4n) is 5.80. The summed E-state index contributed by atoms with van der Waals surface area (Å²) in [7, 11) is 0. The van der Waals surface area contributed by atoms with Crippen LogP contribution >= 0.6 is 0 Å². The van der Waals surface area contributed by atoms with Crippen molar-refractivity contribution >= 4 is 17.9 Å². The number of carbonyl (C=O) groups excluding carboxylic acids is 3. The van der Waals surface area contributed by atoms with Crippen molar-refractivity contribution < 1.29 is 28.6 Å². The van der Waals surface area contributed by atoms with E-state index in [9.17, 15) is 14.4 Å². The average molecular weight is 671 g/mol. The van der Waals surface area contributed by atoms with Crippen LogP contribution in [0.1, 0.15) is 157 Å². The van der Waals surface area contributed by atoms with Gasteiger partial charge >= 0.3 is 17.9 Å². The van der Waals surface area contributed by atoms with Crippen molar-refractivity contribution in [2.45, 2.75) is 142 Å². The number of benzene rings is 3. The third-order valence-corrected chi connectivity index (χ3v) is 8.85. The van der Waals surface area contributed by atoms with Gasteiger partial charge in [-0.25, -0.2) is 9.59 Å². The number of hydrogen-bond acceptors (Lipinski definition) is 6. The van der Waals surface area contributed by atoms with Crippen LogP contribution in [0.3, 0.4) is 0 Å². The van der Waals surface area contributed by atoms with E-state index in [1.165, 1.54) is 77.0 Å². The first-order valence-electron chi connectivity index (χ1n) is 18.8. The Hall–Kier alpha value is -3.93. The van der Waals surface area contributed by atoms with Gasteiger partial charge in [0, 0.05) is 6.42 Å². The average Bonchev–Trinajstić information content (AvgIpc) is 3.11. The highest BCUT2D eigenvalue weighted by molar-refractivity contribution is 5.92. The molecule has 0 aliphatic rings. The van der Waals surface area contributed by atoms with E-state index in [1.807, 2.05) is 31.2 Å². The lowest BCUT2D eigenvalue weighted by Crippen LogP contribution is -2.15. The van der Waals surface area contributed by atoms with E-state index in [4.69, 9.17) is 14.2 Å². The Morgan fingerprint density at radius 3 is 1.45 bits per heavy atom. The molecule has 0 amide bonds. The molecule has 0 bridgehead atoms. The van der Waals surface area contributed by atoms with E-state index >= 15 is 0 Å². The van der Waals surface area contributed by atoms with Crippen LogP contribution in [-0.2, 0) is 9.53 Å². The van der Waals surface area contributed by atoms with E-state index in [-0.39, 0.29) is 18.0 Å². The van der Waals surface area contributed by atoms with Gasteiger partial charge < -0.3 is 14.2 Å². The van der Waals surface area contributed by atoms with E-state index < -0.39 is 5.97 Å². The Bertz CT molecular complexity index is 1360. The molecule has 0 N–H and O–H groups in total. The first-order valence-corrected chi connectivity index (χ1v) is 18.8. The number of esters is 3. The molecule has 6 heteroatoms. The van der Waals surface area contributed by atoms with Crippen LogP contribution in [0.4, 0.5) is 0 Å². The maximum Gasteiger partial charge on any atom is 0.343 e. The van der Waals surface area contributed by atoms with Crippen molar-refractivity contribution in [3.63, 3.8) is 0 Å². The Kier molecular flexibility index (Phi) is 18.9. The smallest absolute Gasteiger partial charge is 0.343 e. The zero-order valence-electron chi connectivity index (χ0n) is 30.2. The first kappa shape index (κ1) is 39.5. The number of rotatable bonds is 24. The zero-order chi connectivity index (χ0) is 35.1. The minimum atomic E-state index is -0.488. The van der Waals surface area contributed by atoms with Crippen molar-refractivity contribution in [1.29, 1.82) is 0 Å². The first-order chi connectivity index (χ1) is 23.9. The monoisotopic (exact) mass is 670 g/mol. The topological polar surface area (TPSA) is 78.9 Å². The van der Waals surface area contributed by atoms with Gasteiger partial charge in [-0.3, -0.25) is 4.79 Å². The molecule has 0 heterocycles. The predicted molar refractivity (Wildman–Crippen MR) is 198 cm³/mol. The summed E-state index contributed by atoms with van der Waals surface area (Å²) in [5.74, 6) is -0.179. The summed E-state index contributed by atoms with van der Waals surface area (Å²) in [4.78, 5) is 37.6. The lowest BCUT2D eigenvalue weighted by molar-refractivity contribution is -0.134. The van der Waals surface area contributed by atoms with Gasteiger partial charge in [0.25, 0.3) is 0 Å². The normalized spacial score (nSPS) is 11.6. The molecular weight excluding hydrogens is 612 g/mol. The van der Waals surface area contributed by atoms with E-state index in [2.05, 4.69) is 13.8 Å². The van der Waals surface area contributed by atoms with Crippen LogP contribution in [0, 0.1) is 0 Å². The molecule has 0 radical (unpaired) electrons. The minimum absolute atomic E-state index is 0.140. The largest absolute Gasteiger partial charge is 0.459 e. The summed E-state index contributed by atoms with van der Waals surface area (Å²) in [6, 6.07) is 21.0. The van der Waals surface area contributed by atoms with Crippen LogP contribution in [0.25, 0.3) is 11.1 Å². The molecule has 3 aromatic rings. The summed E-state index contributed by atoms with van der Waals surface area (Å²) in [5.41, 5.74) is 2.70. The lowest BCUT2D eigenvalue weighted by atomic mass is 10.0. The SMILES string of the molecule is CCCCCCCCCCCCCCC(=O)Oc1ccc(-c2ccc(C(=O)Oc3ccc(C(=O)O[C@H](C)CCCCCC)cc3)cc2)cc1. The van der Waals surface area contributed by atoms with Gasteiger partial charge in [0.1, 0.15) is 11.5 Å². The number of hydrogen-bond donors (Lipinski definition) is 0. The maximum atomic E-state index is 12.8. The summed E-state index contributed by atoms with van der Waals surface area (Å²) in [6.07, 6.45) is 20.8. The van der Waals surface area contributed by atoms with Gasteiger partial charge in [-0.1, -0.05) is 128 Å². The van der Waals surface area contributed by atoms with Gasteiger partial charge in [-0.15, -0.1) is 0 Å². The molecule has 3 aromatic carbocycles. The van der Waals surface area contributed by atoms with Crippen molar-refractivity contribution in [3.05, 3.63) is 83.9 Å². The highest BCUT2D eigenvalue weighted by Crippen LogP contribution is 2.24. The standard InChI is InChI=1S/C43H58O6/c1-4-6-8-10-11-12-13-14-15-16-17-19-21-41(44)48-39-30-26-36(27-31-39)35-22-24-37(25-23-35)43(46)49-40-32-28-38(29-33-40)42(45)47-34(3)20-18-9-7-5-2/h22-34H,4-21H2,1-3H3/t34-/m1/s1. The minimum Gasteiger partial charge on any atom is -0.459 e. The molecule has 0 spiro atoms. The molecule has 0 aromatic heterocycles. The summed E-state index contributed by atoms with van der Waals surface area (Å²) >= 11 is 0. The zero-order valence-corrected chi connectivity index (χ0v) is 30.2. The maximum absolute atomic E-state index is 12.8. The van der Waals surface area contributed by atoms with Crippen molar-refractivity contribution in [3.8, 4) is 22.6 Å². The van der Waals surface area contributed by atoms with E-state index in [0.29, 0.717) is 29.0 Å². The molecule has 6 nitrogen and oxygen atoms in total. The van der Waals surface area contributed by atoms with Crippen molar-refractivity contribution in [2.75, 3.05) is 0 Å². The van der Waals surface area contributed by atoms with Crippen molar-refractivity contribution in [1.82, 2.24) is 0 Å². The number of unbranched alkanes of at least 4 members (excludes halogenated alkanes) is 14. The predicted octanol–water partition coefficient (Wildman–Crippen LogP) is 12.1. The Morgan fingerprint density at radius 1 is 0.490 bits per heavy atom. The van der Waals surface area contributed by atoms with Crippen LogP contribution in [0.15, 0.2) is 72.8 Å². The van der Waals surface area contributed by atoms with Crippen LogP contribution in [-0.4, -0.2) is 24.0 Å². The highest BCUT2D eigenvalue weighted by atomic mass is 16.5. The van der Waals surface area contributed by atoms with Gasteiger partial charge in [-0.2, -0.15) is 0 Å². The van der Waals surface area contributed by atoms with Gasteiger partial charge in [0.05, 0.1) is 17.2 Å². The molecule has 0 saturated heterocycles. The summed E-state index contributed by atoms with van der Waals surface area (Å²) < 4.78 is 16.6. The van der Waals surface area contributed by atoms with Crippen LogP contribution in [0.2, 0.25) is 0 Å². The Labute approximate surface area is 294 Å². The third kappa shape index (κ3) is 15.9. The molecule has 0 aliphatic heterocycles. The van der Waals surface area contributed by atoms with Gasteiger partial charge in [0.15, 0.2) is 0 Å². The van der Waals surface area contributed by atoms with Crippen molar-refractivity contribution in [2.24, 2.45) is 0 Å². The fourth-order valence-corrected chi connectivity index (χ4v) is 5.80. The second-order valence-electron chi connectivity index (χ2n) is 13.2. The molecular formula is C43H58O6. The van der Waals surface area contributed by atoms with Gasteiger partial charge in [0.2, 0.25) is 0 Å². The molecule has 0 fully saturated rings. The Morgan fingerprint density at radius 2 is 0.898 bits per heavy atom. The molecule has 0 aliphatic carbocycles. The van der Waals surface area contributed by atoms with Crippen LogP contribution in [0.5, 0.6) is 11.5 Å². The molecule has 0 saturated carbocycles. The van der Waals surface area contributed by atoms with E-state index in [1.54, 1.807) is 48.5 Å². The number of ether oxygens (including phenoxy) is 3. The molecule has 49 heavy (non-hydrogen) atoms. The van der Waals surface area contributed by atoms with E-state index in [0.717, 1.165) is 43.2 Å². The second kappa shape index (κ2) is 23.4. The summed E-state index contributed by atoms with van der Waals surface area (Å²) in [5, 5.41) is 0. The lowest BCUT2D eigenvalue weighted by Gasteiger charge is -2.13. The molecule has 0 unspecified atom stereocenters. The highest BCUT2D eigenvalue weighted by Gasteiger charge is 2.14. The third-order valence-electron chi connectivity index (χ3n) is 8.85. The molecule has 266 valence electrons. The molecule has 3 rings (SSSR count). The second-order valence-corrected chi connectivity index (χ2v) is 13.2. The molecule has 1 atom stereocenters. The van der Waals surface area contributed by atoms with Gasteiger partial charge in [-0.05, 0) is 85.8 Å². The van der Waals surface area contributed by atoms with Crippen LogP contribution < -0.4 is 9.47 Å². The quantitative estimate of drug-likeness (QED) is 0.0536.